The van der Waals surface area contributed by atoms with Crippen LogP contribution in [0.15, 0.2) is 59.7 Å². The van der Waals surface area contributed by atoms with Crippen LogP contribution in [0.1, 0.15) is 19.4 Å². The quantitative estimate of drug-likeness (QED) is 0.458. The number of rotatable bonds is 4. The number of para-hydroxylation sites is 1. The van der Waals surface area contributed by atoms with E-state index in [4.69, 9.17) is 12.2 Å². The molecule has 0 bridgehead atoms. The molecule has 2 aromatic carbocycles. The van der Waals surface area contributed by atoms with Gasteiger partial charge in [-0.15, -0.1) is 0 Å². The highest BCUT2D eigenvalue weighted by Gasteiger charge is 2.02. The minimum absolute atomic E-state index is 0.108. The van der Waals surface area contributed by atoms with Gasteiger partial charge in [0.25, 0.3) is 0 Å². The van der Waals surface area contributed by atoms with E-state index >= 15 is 0 Å². The fraction of sp³-hybridized carbons (Fsp3) is 0.118. The predicted molar refractivity (Wildman–Crippen MR) is 98.8 cm³/mol. The van der Waals surface area contributed by atoms with Crippen LogP contribution >= 0.6 is 12.2 Å². The van der Waals surface area contributed by atoms with Crippen LogP contribution in [0, 0.1) is 0 Å². The van der Waals surface area contributed by atoms with E-state index < -0.39 is 0 Å². The summed E-state index contributed by atoms with van der Waals surface area (Å²) >= 11 is 5.20. The minimum Gasteiger partial charge on any atom is -0.331 e. The Morgan fingerprint density at radius 3 is 2.35 bits per heavy atom. The second-order valence-corrected chi connectivity index (χ2v) is 5.30. The molecule has 5 nitrogen and oxygen atoms in total. The molecule has 1 amide bonds. The number of amides is 1. The molecule has 6 heteroatoms. The summed E-state index contributed by atoms with van der Waals surface area (Å²) in [6.07, 6.45) is 0. The van der Waals surface area contributed by atoms with Crippen molar-refractivity contribution in [3.8, 4) is 0 Å². The van der Waals surface area contributed by atoms with E-state index in [1.807, 2.05) is 61.5 Å². The summed E-state index contributed by atoms with van der Waals surface area (Å²) in [5.74, 6) is -0.108. The molecule has 3 N–H and O–H groups in total. The third-order valence-corrected chi connectivity index (χ3v) is 3.15. The molecule has 0 heterocycles. The number of thiocarbonyl (C=S) groups is 1. The van der Waals surface area contributed by atoms with Gasteiger partial charge in [0.1, 0.15) is 0 Å². The van der Waals surface area contributed by atoms with Gasteiger partial charge in [0.15, 0.2) is 5.11 Å². The lowest BCUT2D eigenvalue weighted by atomic mass is 10.1. The van der Waals surface area contributed by atoms with Crippen molar-refractivity contribution >= 4 is 40.3 Å². The molecule has 118 valence electrons. The number of carbonyl (C=O) groups is 1. The Kier molecular flexibility index (Phi) is 5.82. The molecule has 0 radical (unpaired) electrons. The van der Waals surface area contributed by atoms with E-state index in [1.54, 1.807) is 0 Å². The lowest BCUT2D eigenvalue weighted by molar-refractivity contribution is -0.114. The molecule has 0 aliphatic heterocycles. The zero-order valence-electron chi connectivity index (χ0n) is 13.0. The van der Waals surface area contributed by atoms with Crippen LogP contribution in [0.25, 0.3) is 0 Å². The van der Waals surface area contributed by atoms with E-state index in [0.717, 1.165) is 22.6 Å². The molecular formula is C17H18N4OS. The van der Waals surface area contributed by atoms with E-state index in [1.165, 1.54) is 6.92 Å². The molecule has 23 heavy (non-hydrogen) atoms. The lowest BCUT2D eigenvalue weighted by Crippen LogP contribution is -2.24. The number of nitrogens with zero attached hydrogens (tertiary/aromatic N) is 1. The summed E-state index contributed by atoms with van der Waals surface area (Å²) in [4.78, 5) is 11.1. The largest absolute Gasteiger partial charge is 0.331 e. The van der Waals surface area contributed by atoms with E-state index in [0.29, 0.717) is 5.11 Å². The van der Waals surface area contributed by atoms with Gasteiger partial charge in [-0.05, 0) is 49.0 Å². The highest BCUT2D eigenvalue weighted by Crippen LogP contribution is 2.11. The van der Waals surface area contributed by atoms with Gasteiger partial charge in [0.2, 0.25) is 5.91 Å². The number of benzene rings is 2. The van der Waals surface area contributed by atoms with Gasteiger partial charge in [-0.3, -0.25) is 10.2 Å². The molecule has 0 atom stereocenters. The second-order valence-electron chi connectivity index (χ2n) is 4.89. The number of hydrogen-bond donors (Lipinski definition) is 3. The average Bonchev–Trinajstić information content (AvgIpc) is 2.53. The normalized spacial score (nSPS) is 10.8. The molecule has 0 spiro atoms. The molecule has 0 aromatic heterocycles. The van der Waals surface area contributed by atoms with Gasteiger partial charge >= 0.3 is 0 Å². The zero-order chi connectivity index (χ0) is 16.7. The molecule has 2 aromatic rings. The van der Waals surface area contributed by atoms with Gasteiger partial charge < -0.3 is 10.6 Å². The maximum atomic E-state index is 11.1. The second kappa shape index (κ2) is 8.05. The van der Waals surface area contributed by atoms with Crippen molar-refractivity contribution < 1.29 is 4.79 Å². The summed E-state index contributed by atoms with van der Waals surface area (Å²) in [6, 6.07) is 17.1. The highest BCUT2D eigenvalue weighted by molar-refractivity contribution is 7.80. The summed E-state index contributed by atoms with van der Waals surface area (Å²) < 4.78 is 0. The predicted octanol–water partition coefficient (Wildman–Crippen LogP) is 3.36. The summed E-state index contributed by atoms with van der Waals surface area (Å²) in [5.41, 5.74) is 6.09. The summed E-state index contributed by atoms with van der Waals surface area (Å²) in [7, 11) is 0. The van der Waals surface area contributed by atoms with E-state index in [-0.39, 0.29) is 5.91 Å². The molecule has 0 fully saturated rings. The smallest absolute Gasteiger partial charge is 0.221 e. The SMILES string of the molecule is CC(=O)Nc1cccc(/C(C)=N\NC(=S)Nc2ccccc2)c1. The summed E-state index contributed by atoms with van der Waals surface area (Å²) in [6.45, 7) is 3.34. The van der Waals surface area contributed by atoms with Crippen LogP contribution in [-0.4, -0.2) is 16.7 Å². The van der Waals surface area contributed by atoms with Crippen molar-refractivity contribution in [2.75, 3.05) is 10.6 Å². The number of hydrogen-bond acceptors (Lipinski definition) is 3. The monoisotopic (exact) mass is 326 g/mol. The van der Waals surface area contributed by atoms with Gasteiger partial charge in [-0.25, -0.2) is 0 Å². The first-order chi connectivity index (χ1) is 11.0. The minimum atomic E-state index is -0.108. The van der Waals surface area contributed by atoms with Crippen LogP contribution < -0.4 is 16.1 Å². The van der Waals surface area contributed by atoms with Crippen molar-refractivity contribution in [1.82, 2.24) is 5.43 Å². The lowest BCUT2D eigenvalue weighted by Gasteiger charge is -2.09. The van der Waals surface area contributed by atoms with Gasteiger partial charge in [-0.2, -0.15) is 5.10 Å². The third kappa shape index (κ3) is 5.52. The topological polar surface area (TPSA) is 65.5 Å². The zero-order valence-corrected chi connectivity index (χ0v) is 13.8. The van der Waals surface area contributed by atoms with E-state index in [2.05, 4.69) is 21.2 Å². The Hall–Kier alpha value is -2.73. The maximum Gasteiger partial charge on any atom is 0.221 e. The number of carbonyl (C=O) groups excluding carboxylic acids is 1. The number of anilines is 2. The summed E-state index contributed by atoms with van der Waals surface area (Å²) in [5, 5.41) is 10.5. The van der Waals surface area contributed by atoms with Crippen molar-refractivity contribution in [3.63, 3.8) is 0 Å². The highest BCUT2D eigenvalue weighted by atomic mass is 32.1. The Morgan fingerprint density at radius 2 is 1.65 bits per heavy atom. The molecule has 0 aliphatic carbocycles. The van der Waals surface area contributed by atoms with Crippen molar-refractivity contribution in [2.45, 2.75) is 13.8 Å². The fourth-order valence-electron chi connectivity index (χ4n) is 1.90. The van der Waals surface area contributed by atoms with E-state index in [9.17, 15) is 4.79 Å². The molecule has 0 unspecified atom stereocenters. The molecular weight excluding hydrogens is 308 g/mol. The molecule has 0 saturated carbocycles. The number of nitrogens with one attached hydrogen (secondary N) is 3. The molecule has 0 aliphatic rings. The Morgan fingerprint density at radius 1 is 0.957 bits per heavy atom. The van der Waals surface area contributed by atoms with Crippen molar-refractivity contribution in [2.24, 2.45) is 5.10 Å². The van der Waals surface area contributed by atoms with Gasteiger partial charge in [0.05, 0.1) is 5.71 Å². The first-order valence-electron chi connectivity index (χ1n) is 7.09. The van der Waals surface area contributed by atoms with Crippen LogP contribution in [0.4, 0.5) is 11.4 Å². The number of hydrazone groups is 1. The Bertz CT molecular complexity index is 728. The fourth-order valence-corrected chi connectivity index (χ4v) is 2.07. The van der Waals surface area contributed by atoms with Gasteiger partial charge in [-0.1, -0.05) is 30.3 Å². The Labute approximate surface area is 140 Å². The van der Waals surface area contributed by atoms with Gasteiger partial charge in [0, 0.05) is 18.3 Å². The molecule has 2 rings (SSSR count). The maximum absolute atomic E-state index is 11.1. The van der Waals surface area contributed by atoms with Crippen LogP contribution in [0.5, 0.6) is 0 Å². The van der Waals surface area contributed by atoms with Crippen LogP contribution in [0.3, 0.4) is 0 Å². The van der Waals surface area contributed by atoms with Crippen LogP contribution in [-0.2, 0) is 4.79 Å². The van der Waals surface area contributed by atoms with Crippen molar-refractivity contribution in [1.29, 1.82) is 0 Å². The first kappa shape index (κ1) is 16.6. The third-order valence-electron chi connectivity index (χ3n) is 2.96. The standard InChI is InChI=1S/C17H18N4OS/c1-12(14-7-6-10-16(11-14)18-13(2)22)20-21-17(23)19-15-8-4-3-5-9-15/h3-11H,1-2H3,(H,18,22)(H2,19,21,23)/b20-12-. The Balaban J connectivity index is 1.99. The average molecular weight is 326 g/mol. The molecule has 0 saturated heterocycles. The van der Waals surface area contributed by atoms with Crippen LogP contribution in [0.2, 0.25) is 0 Å². The first-order valence-corrected chi connectivity index (χ1v) is 7.50. The van der Waals surface area contributed by atoms with Crippen molar-refractivity contribution in [3.05, 3.63) is 60.2 Å².